The summed E-state index contributed by atoms with van der Waals surface area (Å²) in [4.78, 5) is 12.9. The van der Waals surface area contributed by atoms with Crippen LogP contribution in [-0.4, -0.2) is 31.6 Å². The number of nitriles is 1. The number of hydrogen-bond acceptors (Lipinski definition) is 4. The molecule has 0 aromatic heterocycles. The number of nitrogens with zero attached hydrogens (tertiary/aromatic N) is 2. The summed E-state index contributed by atoms with van der Waals surface area (Å²) >= 11 is 0. The van der Waals surface area contributed by atoms with Crippen LogP contribution < -0.4 is 4.90 Å². The lowest BCUT2D eigenvalue weighted by atomic mass is 10.1. The highest BCUT2D eigenvalue weighted by molar-refractivity contribution is 5.78. The van der Waals surface area contributed by atoms with Crippen LogP contribution in [0.4, 0.5) is 5.69 Å². The van der Waals surface area contributed by atoms with Crippen LogP contribution in [0.5, 0.6) is 0 Å². The molecule has 0 aliphatic carbocycles. The van der Waals surface area contributed by atoms with Crippen LogP contribution in [0.25, 0.3) is 0 Å². The largest absolute Gasteiger partial charge is 0.372 e. The molecule has 1 heterocycles. The highest BCUT2D eigenvalue weighted by Crippen LogP contribution is 2.24. The third-order valence-corrected chi connectivity index (χ3v) is 3.04. The van der Waals surface area contributed by atoms with E-state index in [0.717, 1.165) is 25.1 Å². The van der Waals surface area contributed by atoms with Crippen LogP contribution in [0, 0.1) is 11.3 Å². The topological polar surface area (TPSA) is 53.3 Å². The number of morpholine rings is 1. The van der Waals surface area contributed by atoms with Gasteiger partial charge >= 0.3 is 0 Å². The SMILES string of the molecule is CC1CN(c2ccc(C=O)cc2C#N)CC(C)O1. The van der Waals surface area contributed by atoms with Crippen molar-refractivity contribution in [3.05, 3.63) is 29.3 Å². The fourth-order valence-corrected chi connectivity index (χ4v) is 2.37. The fourth-order valence-electron chi connectivity index (χ4n) is 2.37. The van der Waals surface area contributed by atoms with Gasteiger partial charge in [0, 0.05) is 18.7 Å². The van der Waals surface area contributed by atoms with Crippen molar-refractivity contribution < 1.29 is 9.53 Å². The molecule has 2 atom stereocenters. The van der Waals surface area contributed by atoms with Crippen LogP contribution in [-0.2, 0) is 4.74 Å². The molecule has 1 fully saturated rings. The maximum absolute atomic E-state index is 10.7. The summed E-state index contributed by atoms with van der Waals surface area (Å²) in [7, 11) is 0. The van der Waals surface area contributed by atoms with E-state index in [0.29, 0.717) is 11.1 Å². The number of anilines is 1. The molecule has 18 heavy (non-hydrogen) atoms. The van der Waals surface area contributed by atoms with E-state index in [1.807, 2.05) is 19.9 Å². The molecule has 0 saturated carbocycles. The number of hydrogen-bond donors (Lipinski definition) is 0. The van der Waals surface area contributed by atoms with E-state index in [9.17, 15) is 10.1 Å². The minimum atomic E-state index is 0.144. The van der Waals surface area contributed by atoms with Gasteiger partial charge in [-0.2, -0.15) is 5.26 Å². The zero-order chi connectivity index (χ0) is 13.1. The molecular weight excluding hydrogens is 228 g/mol. The Morgan fingerprint density at radius 3 is 2.61 bits per heavy atom. The molecule has 2 rings (SSSR count). The summed E-state index contributed by atoms with van der Waals surface area (Å²) in [6.45, 7) is 5.57. The second-order valence-electron chi connectivity index (χ2n) is 4.67. The molecule has 2 unspecified atom stereocenters. The Kier molecular flexibility index (Phi) is 3.63. The quantitative estimate of drug-likeness (QED) is 0.746. The minimum absolute atomic E-state index is 0.144. The monoisotopic (exact) mass is 244 g/mol. The zero-order valence-electron chi connectivity index (χ0n) is 10.6. The molecule has 1 aliphatic heterocycles. The summed E-state index contributed by atoms with van der Waals surface area (Å²) in [5.41, 5.74) is 1.95. The Labute approximate surface area is 107 Å². The van der Waals surface area contributed by atoms with Gasteiger partial charge in [0.2, 0.25) is 0 Å². The predicted molar refractivity (Wildman–Crippen MR) is 68.8 cm³/mol. The molecule has 94 valence electrons. The van der Waals surface area contributed by atoms with Crippen molar-refractivity contribution in [3.8, 4) is 6.07 Å². The molecule has 1 aromatic rings. The summed E-state index contributed by atoms with van der Waals surface area (Å²) in [5, 5.41) is 9.18. The fraction of sp³-hybridized carbons (Fsp3) is 0.429. The molecule has 4 heteroatoms. The van der Waals surface area contributed by atoms with E-state index in [-0.39, 0.29) is 12.2 Å². The second-order valence-corrected chi connectivity index (χ2v) is 4.67. The van der Waals surface area contributed by atoms with Crippen LogP contribution in [0.3, 0.4) is 0 Å². The van der Waals surface area contributed by atoms with E-state index < -0.39 is 0 Å². The van der Waals surface area contributed by atoms with Crippen LogP contribution in [0.2, 0.25) is 0 Å². The van der Waals surface area contributed by atoms with Gasteiger partial charge in [0.05, 0.1) is 23.5 Å². The number of aldehydes is 1. The maximum atomic E-state index is 10.7. The number of benzene rings is 1. The van der Waals surface area contributed by atoms with Crippen molar-refractivity contribution in [2.24, 2.45) is 0 Å². The molecule has 1 saturated heterocycles. The summed E-state index contributed by atoms with van der Waals surface area (Å²) in [5.74, 6) is 0. The second kappa shape index (κ2) is 5.19. The zero-order valence-corrected chi connectivity index (χ0v) is 10.6. The Hall–Kier alpha value is -1.86. The van der Waals surface area contributed by atoms with Gasteiger partial charge in [0.25, 0.3) is 0 Å². The Morgan fingerprint density at radius 1 is 1.39 bits per heavy atom. The smallest absolute Gasteiger partial charge is 0.150 e. The van der Waals surface area contributed by atoms with Crippen molar-refractivity contribution in [1.82, 2.24) is 0 Å². The average Bonchev–Trinajstić information content (AvgIpc) is 2.36. The van der Waals surface area contributed by atoms with Gasteiger partial charge in [0.15, 0.2) is 0 Å². The van der Waals surface area contributed by atoms with Gasteiger partial charge in [-0.25, -0.2) is 0 Å². The molecule has 0 radical (unpaired) electrons. The first-order valence-electron chi connectivity index (χ1n) is 6.03. The molecule has 0 amide bonds. The van der Waals surface area contributed by atoms with Crippen molar-refractivity contribution >= 4 is 12.0 Å². The third-order valence-electron chi connectivity index (χ3n) is 3.04. The van der Waals surface area contributed by atoms with E-state index >= 15 is 0 Å². The van der Waals surface area contributed by atoms with Crippen LogP contribution in [0.1, 0.15) is 29.8 Å². The highest BCUT2D eigenvalue weighted by Gasteiger charge is 2.23. The Bertz CT molecular complexity index is 483. The normalized spacial score (nSPS) is 23.5. The first-order chi connectivity index (χ1) is 8.63. The van der Waals surface area contributed by atoms with Crippen molar-refractivity contribution in [2.45, 2.75) is 26.1 Å². The number of ether oxygens (including phenoxy) is 1. The van der Waals surface area contributed by atoms with E-state index in [2.05, 4.69) is 11.0 Å². The van der Waals surface area contributed by atoms with Crippen molar-refractivity contribution in [3.63, 3.8) is 0 Å². The van der Waals surface area contributed by atoms with Gasteiger partial charge in [-0.3, -0.25) is 4.79 Å². The van der Waals surface area contributed by atoms with Gasteiger partial charge in [-0.1, -0.05) is 0 Å². The standard InChI is InChI=1S/C14H16N2O2/c1-10-7-16(8-11(2)18-10)14-4-3-12(9-17)5-13(14)6-15/h3-5,9-11H,7-8H2,1-2H3. The molecule has 0 bridgehead atoms. The first-order valence-corrected chi connectivity index (χ1v) is 6.03. The van der Waals surface area contributed by atoms with E-state index in [4.69, 9.17) is 4.74 Å². The molecule has 1 aliphatic rings. The predicted octanol–water partition coefficient (Wildman–Crippen LogP) is 1.98. The lowest BCUT2D eigenvalue weighted by molar-refractivity contribution is -0.00523. The molecular formula is C14H16N2O2. The van der Waals surface area contributed by atoms with E-state index in [1.54, 1.807) is 12.1 Å². The van der Waals surface area contributed by atoms with Crippen molar-refractivity contribution in [1.29, 1.82) is 5.26 Å². The van der Waals surface area contributed by atoms with Gasteiger partial charge in [-0.15, -0.1) is 0 Å². The summed E-state index contributed by atoms with van der Waals surface area (Å²) in [6.07, 6.45) is 1.05. The van der Waals surface area contributed by atoms with Crippen molar-refractivity contribution in [2.75, 3.05) is 18.0 Å². The summed E-state index contributed by atoms with van der Waals surface area (Å²) < 4.78 is 5.68. The number of carbonyl (C=O) groups excluding carboxylic acids is 1. The lowest BCUT2D eigenvalue weighted by Crippen LogP contribution is -2.45. The van der Waals surface area contributed by atoms with E-state index in [1.165, 1.54) is 0 Å². The summed E-state index contributed by atoms with van der Waals surface area (Å²) in [6, 6.07) is 7.37. The molecule has 4 nitrogen and oxygen atoms in total. The molecule has 1 aromatic carbocycles. The average molecular weight is 244 g/mol. The number of carbonyl (C=O) groups is 1. The Balaban J connectivity index is 2.32. The number of rotatable bonds is 2. The highest BCUT2D eigenvalue weighted by atomic mass is 16.5. The first kappa shape index (κ1) is 12.6. The van der Waals surface area contributed by atoms with Crippen LogP contribution in [0.15, 0.2) is 18.2 Å². The maximum Gasteiger partial charge on any atom is 0.150 e. The molecule has 0 spiro atoms. The molecule has 0 N–H and O–H groups in total. The Morgan fingerprint density at radius 2 is 2.06 bits per heavy atom. The van der Waals surface area contributed by atoms with Gasteiger partial charge in [0.1, 0.15) is 12.4 Å². The van der Waals surface area contributed by atoms with Gasteiger partial charge in [-0.05, 0) is 32.0 Å². The van der Waals surface area contributed by atoms with Crippen LogP contribution >= 0.6 is 0 Å². The lowest BCUT2D eigenvalue weighted by Gasteiger charge is -2.37. The minimum Gasteiger partial charge on any atom is -0.372 e. The third kappa shape index (κ3) is 2.52. The van der Waals surface area contributed by atoms with Gasteiger partial charge < -0.3 is 9.64 Å².